The molecule has 1 aliphatic heterocycles. The van der Waals surface area contributed by atoms with Gasteiger partial charge in [0.1, 0.15) is 0 Å². The van der Waals surface area contributed by atoms with E-state index in [1.54, 1.807) is 17.1 Å². The zero-order valence-electron chi connectivity index (χ0n) is 11.8. The molecule has 0 aliphatic carbocycles. The van der Waals surface area contributed by atoms with Crippen molar-refractivity contribution in [2.45, 2.75) is 31.8 Å². The molecule has 6 nitrogen and oxygen atoms in total. The standard InChI is InChI=1S/C15H19N5O/c21-15(13-4-1-2-6-16-13)18-11-12-5-8-17-14(10-12)20-9-3-7-19-20/h3,5,7-10,13,16H,1-2,4,6,11H2,(H,18,21)/t13-/m1/s1. The third-order valence-electron chi connectivity index (χ3n) is 3.64. The zero-order valence-corrected chi connectivity index (χ0v) is 11.8. The van der Waals surface area contributed by atoms with Gasteiger partial charge in [0.25, 0.3) is 0 Å². The number of nitrogens with one attached hydrogen (secondary N) is 2. The lowest BCUT2D eigenvalue weighted by molar-refractivity contribution is -0.123. The Bertz CT molecular complexity index is 590. The van der Waals surface area contributed by atoms with Gasteiger partial charge in [-0.15, -0.1) is 0 Å². The first-order chi connectivity index (χ1) is 10.3. The maximum atomic E-state index is 12.1. The summed E-state index contributed by atoms with van der Waals surface area (Å²) in [6.07, 6.45) is 8.48. The van der Waals surface area contributed by atoms with E-state index in [1.165, 1.54) is 0 Å². The summed E-state index contributed by atoms with van der Waals surface area (Å²) in [5.74, 6) is 0.828. The van der Waals surface area contributed by atoms with Gasteiger partial charge in [-0.3, -0.25) is 4.79 Å². The molecule has 6 heteroatoms. The first-order valence-corrected chi connectivity index (χ1v) is 7.29. The second-order valence-corrected chi connectivity index (χ2v) is 5.19. The van der Waals surface area contributed by atoms with E-state index in [0.717, 1.165) is 37.2 Å². The van der Waals surface area contributed by atoms with Crippen molar-refractivity contribution in [3.63, 3.8) is 0 Å². The minimum atomic E-state index is -0.0498. The zero-order chi connectivity index (χ0) is 14.5. The molecule has 2 N–H and O–H groups in total. The third kappa shape index (κ3) is 3.46. The molecule has 0 radical (unpaired) electrons. The van der Waals surface area contributed by atoms with Crippen LogP contribution >= 0.6 is 0 Å². The number of aromatic nitrogens is 3. The fourth-order valence-corrected chi connectivity index (χ4v) is 2.49. The lowest BCUT2D eigenvalue weighted by atomic mass is 10.0. The van der Waals surface area contributed by atoms with Crippen LogP contribution in [0.25, 0.3) is 5.82 Å². The number of piperidine rings is 1. The topological polar surface area (TPSA) is 71.8 Å². The molecule has 3 heterocycles. The molecule has 0 spiro atoms. The third-order valence-corrected chi connectivity index (χ3v) is 3.64. The van der Waals surface area contributed by atoms with Gasteiger partial charge in [-0.1, -0.05) is 6.42 Å². The van der Waals surface area contributed by atoms with Gasteiger partial charge in [0, 0.05) is 25.1 Å². The fraction of sp³-hybridized carbons (Fsp3) is 0.400. The molecule has 3 rings (SSSR count). The van der Waals surface area contributed by atoms with E-state index in [4.69, 9.17) is 0 Å². The Hall–Kier alpha value is -2.21. The first kappa shape index (κ1) is 13.8. The Kier molecular flexibility index (Phi) is 4.25. The molecule has 0 saturated carbocycles. The number of pyridine rings is 1. The number of rotatable bonds is 4. The molecule has 110 valence electrons. The minimum absolute atomic E-state index is 0.0498. The Morgan fingerprint density at radius 1 is 1.43 bits per heavy atom. The lowest BCUT2D eigenvalue weighted by Gasteiger charge is -2.22. The van der Waals surface area contributed by atoms with Crippen LogP contribution < -0.4 is 10.6 Å². The Labute approximate surface area is 123 Å². The van der Waals surface area contributed by atoms with E-state index in [1.807, 2.05) is 24.4 Å². The number of nitrogens with zero attached hydrogens (tertiary/aromatic N) is 3. The van der Waals surface area contributed by atoms with E-state index in [-0.39, 0.29) is 11.9 Å². The first-order valence-electron chi connectivity index (χ1n) is 7.29. The second kappa shape index (κ2) is 6.49. The Morgan fingerprint density at radius 2 is 2.38 bits per heavy atom. The molecule has 21 heavy (non-hydrogen) atoms. The average molecular weight is 285 g/mol. The van der Waals surface area contributed by atoms with Gasteiger partial charge in [-0.2, -0.15) is 5.10 Å². The predicted molar refractivity (Wildman–Crippen MR) is 78.8 cm³/mol. The van der Waals surface area contributed by atoms with Crippen molar-refractivity contribution in [3.05, 3.63) is 42.4 Å². The van der Waals surface area contributed by atoms with E-state index < -0.39 is 0 Å². The van der Waals surface area contributed by atoms with Gasteiger partial charge in [-0.25, -0.2) is 9.67 Å². The average Bonchev–Trinajstić information content (AvgIpc) is 3.08. The predicted octanol–water partition coefficient (Wildman–Crippen LogP) is 1.03. The van der Waals surface area contributed by atoms with E-state index in [9.17, 15) is 4.79 Å². The number of hydrogen-bond donors (Lipinski definition) is 2. The van der Waals surface area contributed by atoms with Gasteiger partial charge in [-0.05, 0) is 43.1 Å². The van der Waals surface area contributed by atoms with Crippen LogP contribution in [0.4, 0.5) is 0 Å². The summed E-state index contributed by atoms with van der Waals surface area (Å²) in [5, 5.41) is 10.4. The van der Waals surface area contributed by atoms with Crippen LogP contribution in [0, 0.1) is 0 Å². The van der Waals surface area contributed by atoms with Gasteiger partial charge < -0.3 is 10.6 Å². The summed E-state index contributed by atoms with van der Waals surface area (Å²) < 4.78 is 1.70. The van der Waals surface area contributed by atoms with Crippen LogP contribution in [0.15, 0.2) is 36.8 Å². The quantitative estimate of drug-likeness (QED) is 0.880. The van der Waals surface area contributed by atoms with Gasteiger partial charge >= 0.3 is 0 Å². The van der Waals surface area contributed by atoms with Crippen LogP contribution in [0.5, 0.6) is 0 Å². The van der Waals surface area contributed by atoms with Crippen LogP contribution in [-0.4, -0.2) is 33.3 Å². The molecule has 2 aromatic heterocycles. The van der Waals surface area contributed by atoms with E-state index in [2.05, 4.69) is 20.7 Å². The molecule has 0 aromatic carbocycles. The number of amides is 1. The second-order valence-electron chi connectivity index (χ2n) is 5.19. The molecule has 1 saturated heterocycles. The highest BCUT2D eigenvalue weighted by molar-refractivity contribution is 5.81. The monoisotopic (exact) mass is 285 g/mol. The highest BCUT2D eigenvalue weighted by atomic mass is 16.2. The van der Waals surface area contributed by atoms with Gasteiger partial charge in [0.15, 0.2) is 5.82 Å². The summed E-state index contributed by atoms with van der Waals surface area (Å²) in [4.78, 5) is 16.4. The molecule has 2 aromatic rings. The summed E-state index contributed by atoms with van der Waals surface area (Å²) in [6, 6.07) is 5.64. The normalized spacial score (nSPS) is 18.4. The molecule has 0 bridgehead atoms. The van der Waals surface area contributed by atoms with Crippen molar-refractivity contribution in [1.82, 2.24) is 25.4 Å². The van der Waals surface area contributed by atoms with Crippen LogP contribution in [0.2, 0.25) is 0 Å². The van der Waals surface area contributed by atoms with Crippen LogP contribution in [0.3, 0.4) is 0 Å². The number of carbonyl (C=O) groups is 1. The van der Waals surface area contributed by atoms with Crippen LogP contribution in [-0.2, 0) is 11.3 Å². The molecular weight excluding hydrogens is 266 g/mol. The minimum Gasteiger partial charge on any atom is -0.351 e. The maximum absolute atomic E-state index is 12.1. The van der Waals surface area contributed by atoms with Crippen molar-refractivity contribution in [2.24, 2.45) is 0 Å². The highest BCUT2D eigenvalue weighted by Gasteiger charge is 2.19. The lowest BCUT2D eigenvalue weighted by Crippen LogP contribution is -2.46. The van der Waals surface area contributed by atoms with E-state index >= 15 is 0 Å². The van der Waals surface area contributed by atoms with Crippen molar-refractivity contribution < 1.29 is 4.79 Å². The van der Waals surface area contributed by atoms with Crippen molar-refractivity contribution in [3.8, 4) is 5.82 Å². The molecule has 1 aliphatic rings. The van der Waals surface area contributed by atoms with Gasteiger partial charge in [0.05, 0.1) is 6.04 Å². The number of carbonyl (C=O) groups excluding carboxylic acids is 1. The molecule has 0 unspecified atom stereocenters. The van der Waals surface area contributed by atoms with Crippen molar-refractivity contribution in [1.29, 1.82) is 0 Å². The highest BCUT2D eigenvalue weighted by Crippen LogP contribution is 2.08. The summed E-state index contributed by atoms with van der Waals surface area (Å²) in [6.45, 7) is 1.44. The SMILES string of the molecule is O=C(NCc1ccnc(-n2cccn2)c1)[C@H]1CCCCN1. The smallest absolute Gasteiger partial charge is 0.237 e. The molecule has 1 atom stereocenters. The largest absolute Gasteiger partial charge is 0.351 e. The molecule has 1 fully saturated rings. The maximum Gasteiger partial charge on any atom is 0.237 e. The Balaban J connectivity index is 1.60. The summed E-state index contributed by atoms with van der Waals surface area (Å²) in [5.41, 5.74) is 1.01. The number of hydrogen-bond acceptors (Lipinski definition) is 4. The summed E-state index contributed by atoms with van der Waals surface area (Å²) in [7, 11) is 0. The van der Waals surface area contributed by atoms with Crippen LogP contribution in [0.1, 0.15) is 24.8 Å². The van der Waals surface area contributed by atoms with Crippen molar-refractivity contribution >= 4 is 5.91 Å². The molecule has 1 amide bonds. The van der Waals surface area contributed by atoms with Gasteiger partial charge in [0.2, 0.25) is 5.91 Å². The van der Waals surface area contributed by atoms with Crippen molar-refractivity contribution in [2.75, 3.05) is 6.54 Å². The van der Waals surface area contributed by atoms with E-state index in [0.29, 0.717) is 6.54 Å². The fourth-order valence-electron chi connectivity index (χ4n) is 2.49. The summed E-state index contributed by atoms with van der Waals surface area (Å²) >= 11 is 0. The molecular formula is C15H19N5O. The Morgan fingerprint density at radius 3 is 3.14 bits per heavy atom.